The second-order valence-corrected chi connectivity index (χ2v) is 12.7. The number of ether oxygens (including phenoxy) is 1. The number of amides is 2. The summed E-state index contributed by atoms with van der Waals surface area (Å²) in [4.78, 5) is 46.9. The summed E-state index contributed by atoms with van der Waals surface area (Å²) in [7, 11) is 0. The molecule has 39 heavy (non-hydrogen) atoms. The lowest BCUT2D eigenvalue weighted by Gasteiger charge is -2.42. The topological polar surface area (TPSA) is 111 Å². The number of aliphatic hydroxyl groups is 1. The molecule has 0 aliphatic carbocycles. The first-order chi connectivity index (χ1) is 18.8. The Kier molecular flexibility index (Phi) is 8.37. The number of aliphatic hydroxyl groups excluding tert-OH is 1. The van der Waals surface area contributed by atoms with E-state index >= 15 is 0 Å². The molecule has 7 atom stereocenters. The van der Waals surface area contributed by atoms with Crippen molar-refractivity contribution in [1.82, 2.24) is 14.7 Å². The van der Waals surface area contributed by atoms with Gasteiger partial charge in [0.2, 0.25) is 11.8 Å². The van der Waals surface area contributed by atoms with Crippen LogP contribution in [0.1, 0.15) is 18.9 Å². The van der Waals surface area contributed by atoms with Crippen molar-refractivity contribution in [1.29, 1.82) is 0 Å². The Morgan fingerprint density at radius 1 is 1.28 bits per heavy atom. The zero-order valence-corrected chi connectivity index (χ0v) is 23.3. The number of rotatable bonds is 11. The molecule has 4 aliphatic heterocycles. The molecule has 2 amide bonds. The standard InChI is InChI=1S/C29H39N3O6S/c1-3-9-31(11-10-30-12-14-38-15-13-30)27(35)25-29-19(2)16-22(39-29)23(28(36)37)24(29)26(34)32(25)21(18-33)17-20-7-5-4-6-8-20/h3-8,19,21-25,33H,1,9-18H2,2H3,(H,36,37)/t19?,21-,22-,23+,24+,25?,29?/m1/s1. The Morgan fingerprint density at radius 3 is 2.64 bits per heavy atom. The van der Waals surface area contributed by atoms with Gasteiger partial charge < -0.3 is 24.7 Å². The molecule has 2 bridgehead atoms. The quantitative estimate of drug-likeness (QED) is 0.393. The minimum absolute atomic E-state index is 0.0168. The minimum atomic E-state index is -0.980. The van der Waals surface area contributed by atoms with Gasteiger partial charge in [0.25, 0.3) is 0 Å². The molecule has 1 aromatic carbocycles. The molecule has 3 unspecified atom stereocenters. The minimum Gasteiger partial charge on any atom is -0.481 e. The Morgan fingerprint density at radius 2 is 2.00 bits per heavy atom. The number of hydrogen-bond donors (Lipinski definition) is 2. The van der Waals surface area contributed by atoms with E-state index in [-0.39, 0.29) is 29.6 Å². The number of carbonyl (C=O) groups excluding carboxylic acids is 2. The number of likely N-dealkylation sites (tertiary alicyclic amines) is 1. The molecule has 4 fully saturated rings. The lowest BCUT2D eigenvalue weighted by Crippen LogP contribution is -2.60. The van der Waals surface area contributed by atoms with Crippen LogP contribution in [0.5, 0.6) is 0 Å². The summed E-state index contributed by atoms with van der Waals surface area (Å²) in [5.74, 6) is -3.13. The third-order valence-corrected chi connectivity index (χ3v) is 11.1. The molecular formula is C29H39N3O6S. The van der Waals surface area contributed by atoms with E-state index in [0.29, 0.717) is 45.7 Å². The maximum absolute atomic E-state index is 14.6. The molecule has 1 spiro atoms. The number of nitrogens with zero attached hydrogens (tertiary/aromatic N) is 3. The van der Waals surface area contributed by atoms with Crippen LogP contribution in [-0.2, 0) is 25.5 Å². The number of hydrogen-bond acceptors (Lipinski definition) is 7. The van der Waals surface area contributed by atoms with Crippen molar-refractivity contribution < 1.29 is 29.3 Å². The van der Waals surface area contributed by atoms with Gasteiger partial charge in [-0.2, -0.15) is 0 Å². The molecule has 0 saturated carbocycles. The molecule has 4 aliphatic rings. The van der Waals surface area contributed by atoms with Crippen molar-refractivity contribution in [3.8, 4) is 0 Å². The van der Waals surface area contributed by atoms with Gasteiger partial charge in [-0.3, -0.25) is 19.3 Å². The third kappa shape index (κ3) is 4.90. The zero-order chi connectivity index (χ0) is 27.7. The lowest BCUT2D eigenvalue weighted by molar-refractivity contribution is -0.150. The van der Waals surface area contributed by atoms with Gasteiger partial charge in [0.05, 0.1) is 42.4 Å². The largest absolute Gasteiger partial charge is 0.481 e. The zero-order valence-electron chi connectivity index (χ0n) is 22.5. The van der Waals surface area contributed by atoms with Crippen LogP contribution in [-0.4, -0.2) is 117 Å². The Labute approximate surface area is 234 Å². The van der Waals surface area contributed by atoms with Gasteiger partial charge in [0.15, 0.2) is 0 Å². The van der Waals surface area contributed by atoms with E-state index in [4.69, 9.17) is 4.74 Å². The van der Waals surface area contributed by atoms with E-state index in [1.807, 2.05) is 37.3 Å². The van der Waals surface area contributed by atoms with E-state index in [2.05, 4.69) is 11.5 Å². The summed E-state index contributed by atoms with van der Waals surface area (Å²) in [6, 6.07) is 8.11. The highest BCUT2D eigenvalue weighted by molar-refractivity contribution is 8.02. The van der Waals surface area contributed by atoms with Crippen LogP contribution in [0.2, 0.25) is 0 Å². The number of aliphatic carboxylic acids is 1. The predicted octanol–water partition coefficient (Wildman–Crippen LogP) is 1.36. The fourth-order valence-electron chi connectivity index (χ4n) is 7.26. The van der Waals surface area contributed by atoms with Gasteiger partial charge in [-0.25, -0.2) is 0 Å². The van der Waals surface area contributed by atoms with Crippen LogP contribution in [0.25, 0.3) is 0 Å². The van der Waals surface area contributed by atoms with Gasteiger partial charge >= 0.3 is 5.97 Å². The van der Waals surface area contributed by atoms with E-state index in [1.54, 1.807) is 15.9 Å². The van der Waals surface area contributed by atoms with Crippen molar-refractivity contribution in [3.63, 3.8) is 0 Å². The fraction of sp³-hybridized carbons (Fsp3) is 0.621. The highest BCUT2D eigenvalue weighted by Gasteiger charge is 2.77. The summed E-state index contributed by atoms with van der Waals surface area (Å²) < 4.78 is 4.62. The van der Waals surface area contributed by atoms with Gasteiger partial charge in [-0.1, -0.05) is 43.3 Å². The average molecular weight is 558 g/mol. The molecule has 1 aromatic rings. The van der Waals surface area contributed by atoms with Crippen molar-refractivity contribution in [2.24, 2.45) is 17.8 Å². The van der Waals surface area contributed by atoms with Crippen molar-refractivity contribution in [2.75, 3.05) is 52.5 Å². The number of carbonyl (C=O) groups is 3. The molecule has 9 nitrogen and oxygen atoms in total. The first kappa shape index (κ1) is 28.1. The van der Waals surface area contributed by atoms with Crippen LogP contribution in [0, 0.1) is 17.8 Å². The second-order valence-electron chi connectivity index (χ2n) is 11.2. The molecule has 0 radical (unpaired) electrons. The summed E-state index contributed by atoms with van der Waals surface area (Å²) >= 11 is 1.53. The molecule has 4 heterocycles. The summed E-state index contributed by atoms with van der Waals surface area (Å²) in [5, 5.41) is 20.6. The van der Waals surface area contributed by atoms with E-state index in [0.717, 1.165) is 18.7 Å². The van der Waals surface area contributed by atoms with E-state index < -0.39 is 34.6 Å². The first-order valence-electron chi connectivity index (χ1n) is 13.9. The van der Waals surface area contributed by atoms with Crippen LogP contribution in [0.15, 0.2) is 43.0 Å². The Bertz CT molecular complexity index is 1080. The predicted molar refractivity (Wildman–Crippen MR) is 148 cm³/mol. The molecule has 4 saturated heterocycles. The Balaban J connectivity index is 1.51. The van der Waals surface area contributed by atoms with Crippen LogP contribution >= 0.6 is 11.8 Å². The molecule has 10 heteroatoms. The highest BCUT2D eigenvalue weighted by Crippen LogP contribution is 2.69. The second kappa shape index (κ2) is 11.6. The van der Waals surface area contributed by atoms with Gasteiger partial charge in [-0.15, -0.1) is 18.3 Å². The monoisotopic (exact) mass is 557 g/mol. The van der Waals surface area contributed by atoms with Crippen molar-refractivity contribution in [3.05, 3.63) is 48.6 Å². The average Bonchev–Trinajstić information content (AvgIpc) is 3.54. The van der Waals surface area contributed by atoms with E-state index in [9.17, 15) is 24.6 Å². The maximum atomic E-state index is 14.6. The van der Waals surface area contributed by atoms with Crippen LogP contribution in [0.3, 0.4) is 0 Å². The molecular weight excluding hydrogens is 518 g/mol. The number of morpholine rings is 1. The number of thioether (sulfide) groups is 1. The summed E-state index contributed by atoms with van der Waals surface area (Å²) in [6.45, 7) is 10.0. The van der Waals surface area contributed by atoms with Crippen molar-refractivity contribution >= 4 is 29.5 Å². The molecule has 5 rings (SSSR count). The fourth-order valence-corrected chi connectivity index (χ4v) is 9.65. The third-order valence-electron chi connectivity index (χ3n) is 9.07. The van der Waals surface area contributed by atoms with Gasteiger partial charge in [0.1, 0.15) is 6.04 Å². The smallest absolute Gasteiger partial charge is 0.308 e. The van der Waals surface area contributed by atoms with Crippen molar-refractivity contribution in [2.45, 2.75) is 41.8 Å². The molecule has 0 aromatic heterocycles. The SMILES string of the molecule is C=CCN(CCN1CCOCC1)C(=O)C1N([C@@H](CO)Cc2ccccc2)C(=O)[C@@H]2[C@@H](C(=O)O)[C@H]3CC(C)C12S3. The number of carboxylic acids is 1. The molecule has 2 N–H and O–H groups in total. The normalized spacial score (nSPS) is 32.7. The van der Waals surface area contributed by atoms with Gasteiger partial charge in [-0.05, 0) is 24.3 Å². The lowest BCUT2D eigenvalue weighted by atomic mass is 9.66. The Hall–Kier alpha value is -2.40. The van der Waals surface area contributed by atoms with E-state index in [1.165, 1.54) is 11.8 Å². The number of benzene rings is 1. The first-order valence-corrected chi connectivity index (χ1v) is 14.8. The van der Waals surface area contributed by atoms with Crippen LogP contribution < -0.4 is 0 Å². The maximum Gasteiger partial charge on any atom is 0.308 e. The number of carboxylic acid groups (broad SMARTS) is 1. The summed E-state index contributed by atoms with van der Waals surface area (Å²) in [6.07, 6.45) is 2.73. The van der Waals surface area contributed by atoms with Gasteiger partial charge in [0, 0.05) is 38.0 Å². The number of fused-ring (bicyclic) bond motifs is 1. The highest BCUT2D eigenvalue weighted by atomic mass is 32.2. The summed E-state index contributed by atoms with van der Waals surface area (Å²) in [5.41, 5.74) is 0.945. The van der Waals surface area contributed by atoms with Crippen LogP contribution in [0.4, 0.5) is 0 Å². The molecule has 212 valence electrons.